The molecule has 1 fully saturated rings. The monoisotopic (exact) mass is 557 g/mol. The lowest BCUT2D eigenvalue weighted by Crippen LogP contribution is -2.37. The van der Waals surface area contributed by atoms with Gasteiger partial charge >= 0.3 is 0 Å². The van der Waals surface area contributed by atoms with Crippen LogP contribution in [0.15, 0.2) is 42.6 Å². The highest BCUT2D eigenvalue weighted by Gasteiger charge is 2.22. The first kappa shape index (κ1) is 26.8. The Hall–Kier alpha value is -3.84. The summed E-state index contributed by atoms with van der Waals surface area (Å²) < 4.78 is 62.7. The molecule has 39 heavy (non-hydrogen) atoms. The zero-order valence-corrected chi connectivity index (χ0v) is 22.6. The van der Waals surface area contributed by atoms with Crippen LogP contribution in [0.25, 0.3) is 16.9 Å². The number of sulfonamides is 1. The summed E-state index contributed by atoms with van der Waals surface area (Å²) in [6.07, 6.45) is 3.56. The molecule has 2 aromatic heterocycles. The third kappa shape index (κ3) is 5.93. The molecule has 2 N–H and O–H groups in total. The van der Waals surface area contributed by atoms with Crippen molar-refractivity contribution in [1.82, 2.24) is 24.5 Å². The van der Waals surface area contributed by atoms with E-state index in [1.54, 1.807) is 23.6 Å². The lowest BCUT2D eigenvalue weighted by molar-refractivity contribution is 0.263. The molecule has 206 valence electrons. The van der Waals surface area contributed by atoms with Crippen LogP contribution in [0.2, 0.25) is 0 Å². The maximum Gasteiger partial charge on any atom is 0.232 e. The molecule has 13 heteroatoms. The molecule has 0 amide bonds. The molecular weight excluding hydrogens is 528 g/mol. The number of piperidine rings is 1. The van der Waals surface area contributed by atoms with Gasteiger partial charge in [-0.15, -0.1) is 10.2 Å². The molecular formula is C26H29F2N7O3S. The molecule has 1 saturated heterocycles. The van der Waals surface area contributed by atoms with E-state index < -0.39 is 21.7 Å². The summed E-state index contributed by atoms with van der Waals surface area (Å²) in [5.74, 6) is -0.580. The highest BCUT2D eigenvalue weighted by Crippen LogP contribution is 2.37. The first-order valence-corrected chi connectivity index (χ1v) is 14.2. The second kappa shape index (κ2) is 10.7. The minimum atomic E-state index is -3.57. The summed E-state index contributed by atoms with van der Waals surface area (Å²) in [5, 5.41) is 12.0. The van der Waals surface area contributed by atoms with Crippen molar-refractivity contribution >= 4 is 27.2 Å². The van der Waals surface area contributed by atoms with Crippen LogP contribution < -0.4 is 14.8 Å². The van der Waals surface area contributed by atoms with Crippen LogP contribution in [0.3, 0.4) is 0 Å². The second-order valence-electron chi connectivity index (χ2n) is 9.53. The lowest BCUT2D eigenvalue weighted by atomic mass is 10.1. The van der Waals surface area contributed by atoms with Crippen molar-refractivity contribution in [2.24, 2.45) is 0 Å². The largest absolute Gasteiger partial charge is 0.454 e. The van der Waals surface area contributed by atoms with E-state index >= 15 is 0 Å². The highest BCUT2D eigenvalue weighted by molar-refractivity contribution is 7.92. The number of likely N-dealkylation sites (tertiary alicyclic amines) is 1. The molecule has 0 spiro atoms. The van der Waals surface area contributed by atoms with E-state index in [2.05, 4.69) is 32.2 Å². The van der Waals surface area contributed by atoms with Gasteiger partial charge in [-0.25, -0.2) is 22.2 Å². The van der Waals surface area contributed by atoms with Gasteiger partial charge in [-0.2, -0.15) is 0 Å². The molecule has 0 bridgehead atoms. The lowest BCUT2D eigenvalue weighted by Gasteiger charge is -2.29. The van der Waals surface area contributed by atoms with Crippen molar-refractivity contribution in [3.8, 4) is 22.8 Å². The number of rotatable bonds is 8. The topological polar surface area (TPSA) is 114 Å². The number of anilines is 2. The van der Waals surface area contributed by atoms with Crippen molar-refractivity contribution in [3.63, 3.8) is 0 Å². The fraction of sp³-hybridized carbons (Fsp3) is 0.346. The molecule has 1 aliphatic heterocycles. The molecule has 0 radical (unpaired) electrons. The molecule has 1 aliphatic rings. The van der Waals surface area contributed by atoms with Gasteiger partial charge in [0.05, 0.1) is 11.4 Å². The summed E-state index contributed by atoms with van der Waals surface area (Å²) in [5.41, 5.74) is 1.63. The zero-order chi connectivity index (χ0) is 27.7. The summed E-state index contributed by atoms with van der Waals surface area (Å²) in [6, 6.07) is 7.78. The van der Waals surface area contributed by atoms with Gasteiger partial charge in [-0.3, -0.25) is 9.12 Å². The van der Waals surface area contributed by atoms with Gasteiger partial charge < -0.3 is 15.0 Å². The first-order valence-electron chi connectivity index (χ1n) is 12.6. The van der Waals surface area contributed by atoms with Crippen molar-refractivity contribution in [3.05, 3.63) is 60.1 Å². The molecule has 2 aromatic carbocycles. The van der Waals surface area contributed by atoms with Gasteiger partial charge in [0.2, 0.25) is 15.7 Å². The van der Waals surface area contributed by atoms with Gasteiger partial charge in [0.1, 0.15) is 17.4 Å². The minimum absolute atomic E-state index is 0.115. The van der Waals surface area contributed by atoms with Gasteiger partial charge in [-0.05, 0) is 77.2 Å². The van der Waals surface area contributed by atoms with E-state index in [-0.39, 0.29) is 29.0 Å². The average Bonchev–Trinajstić information content (AvgIpc) is 3.28. The first-order chi connectivity index (χ1) is 18.6. The zero-order valence-electron chi connectivity index (χ0n) is 21.8. The van der Waals surface area contributed by atoms with Crippen LogP contribution in [-0.4, -0.2) is 64.8 Å². The number of aryl methyl sites for hydroxylation is 1. The average molecular weight is 558 g/mol. The predicted molar refractivity (Wildman–Crippen MR) is 145 cm³/mol. The van der Waals surface area contributed by atoms with E-state index in [1.807, 2.05) is 0 Å². The van der Waals surface area contributed by atoms with Gasteiger partial charge in [0, 0.05) is 29.6 Å². The third-order valence-electron chi connectivity index (χ3n) is 6.64. The number of aromatic nitrogens is 4. The molecule has 10 nitrogen and oxygen atoms in total. The Morgan fingerprint density at radius 3 is 2.54 bits per heavy atom. The SMILES string of the molecule is CCS(=O)(=O)Nc1ccc(Oc2ccc(F)cc2F)c(-c2cn3c(C)nnc3c(NC3CCN(C)CC3)n2)c1. The maximum absolute atomic E-state index is 14.5. The summed E-state index contributed by atoms with van der Waals surface area (Å²) >= 11 is 0. The van der Waals surface area contributed by atoms with Crippen molar-refractivity contribution in [1.29, 1.82) is 0 Å². The van der Waals surface area contributed by atoms with Crippen molar-refractivity contribution in [2.75, 3.05) is 35.9 Å². The van der Waals surface area contributed by atoms with Crippen LogP contribution in [0.1, 0.15) is 25.6 Å². The molecule has 0 unspecified atom stereocenters. The van der Waals surface area contributed by atoms with E-state index in [4.69, 9.17) is 9.72 Å². The third-order valence-corrected chi connectivity index (χ3v) is 7.95. The van der Waals surface area contributed by atoms with E-state index in [0.29, 0.717) is 28.5 Å². The van der Waals surface area contributed by atoms with Crippen molar-refractivity contribution < 1.29 is 21.9 Å². The van der Waals surface area contributed by atoms with Gasteiger partial charge in [-0.1, -0.05) is 0 Å². The quantitative estimate of drug-likeness (QED) is 0.327. The number of halogens is 2. The van der Waals surface area contributed by atoms with Gasteiger partial charge in [0.15, 0.2) is 17.4 Å². The number of fused-ring (bicyclic) bond motifs is 1. The number of nitrogens with one attached hydrogen (secondary N) is 2. The molecule has 5 rings (SSSR count). The van der Waals surface area contributed by atoms with Crippen molar-refractivity contribution in [2.45, 2.75) is 32.7 Å². The summed E-state index contributed by atoms with van der Waals surface area (Å²) in [4.78, 5) is 7.10. The number of hydrogen-bond donors (Lipinski definition) is 2. The normalized spacial score (nSPS) is 15.0. The fourth-order valence-electron chi connectivity index (χ4n) is 4.39. The molecule has 0 saturated carbocycles. The Morgan fingerprint density at radius 1 is 1.08 bits per heavy atom. The summed E-state index contributed by atoms with van der Waals surface area (Å²) in [7, 11) is -1.49. The predicted octanol–water partition coefficient (Wildman–Crippen LogP) is 4.44. The number of hydrogen-bond acceptors (Lipinski definition) is 8. The van der Waals surface area contributed by atoms with E-state index in [1.165, 1.54) is 25.1 Å². The number of benzene rings is 2. The van der Waals surface area contributed by atoms with E-state index in [0.717, 1.165) is 38.1 Å². The second-order valence-corrected chi connectivity index (χ2v) is 11.5. The van der Waals surface area contributed by atoms with Crippen LogP contribution in [0, 0.1) is 18.6 Å². The Kier molecular flexibility index (Phi) is 7.36. The Labute approximate surface area is 225 Å². The van der Waals surface area contributed by atoms with Crippen LogP contribution >= 0.6 is 0 Å². The molecule has 3 heterocycles. The Bertz CT molecular complexity index is 1620. The molecule has 0 atom stereocenters. The number of nitrogens with zero attached hydrogens (tertiary/aromatic N) is 5. The van der Waals surface area contributed by atoms with Crippen LogP contribution in [0.5, 0.6) is 11.5 Å². The summed E-state index contributed by atoms with van der Waals surface area (Å²) in [6.45, 7) is 5.23. The minimum Gasteiger partial charge on any atom is -0.454 e. The smallest absolute Gasteiger partial charge is 0.232 e. The van der Waals surface area contributed by atoms with Gasteiger partial charge in [0.25, 0.3) is 0 Å². The highest BCUT2D eigenvalue weighted by atomic mass is 32.2. The Morgan fingerprint density at radius 2 is 1.82 bits per heavy atom. The maximum atomic E-state index is 14.5. The Balaban J connectivity index is 1.62. The van der Waals surface area contributed by atoms with Crippen LogP contribution in [-0.2, 0) is 10.0 Å². The van der Waals surface area contributed by atoms with E-state index in [9.17, 15) is 17.2 Å². The standard InChI is InChI=1S/C26H29F2N7O3S/c1-4-39(36,37)33-19-6-8-23(38-24-7-5-17(27)13-21(24)28)20(14-19)22-15-35-16(2)31-32-26(35)25(30-22)29-18-9-11-34(3)12-10-18/h5-8,13-15,18,33H,4,9-12H2,1-3H3,(H,29,30). The fourth-order valence-corrected chi connectivity index (χ4v) is 5.02. The molecule has 0 aliphatic carbocycles. The molecule has 4 aromatic rings. The van der Waals surface area contributed by atoms with Crippen LogP contribution in [0.4, 0.5) is 20.3 Å². The number of ether oxygens (including phenoxy) is 1.